The number of aromatic amines is 1. The van der Waals surface area contributed by atoms with E-state index in [4.69, 9.17) is 5.73 Å². The molecule has 3 rings (SSSR count). The number of nitrogens with one attached hydrogen (secondary N) is 2. The van der Waals surface area contributed by atoms with E-state index in [9.17, 15) is 0 Å². The summed E-state index contributed by atoms with van der Waals surface area (Å²) in [6, 6.07) is 5.74. The highest BCUT2D eigenvalue weighted by molar-refractivity contribution is 5.80. The van der Waals surface area contributed by atoms with Gasteiger partial charge in [-0.25, -0.2) is 4.98 Å². The van der Waals surface area contributed by atoms with Crippen LogP contribution in [0.25, 0.3) is 11.0 Å². The van der Waals surface area contributed by atoms with Crippen LogP contribution in [0.5, 0.6) is 0 Å². The van der Waals surface area contributed by atoms with E-state index in [0.717, 1.165) is 35.8 Å². The summed E-state index contributed by atoms with van der Waals surface area (Å²) in [5.74, 6) is 0.834. The van der Waals surface area contributed by atoms with E-state index in [1.807, 2.05) is 18.2 Å². The molecule has 2 aromatic rings. The lowest BCUT2D eigenvalue weighted by Crippen LogP contribution is -2.30. The summed E-state index contributed by atoms with van der Waals surface area (Å²) in [6.07, 6.45) is 5.44. The molecular formula is C15H23N5. The van der Waals surface area contributed by atoms with Gasteiger partial charge in [0, 0.05) is 18.8 Å². The fraction of sp³-hybridized carbons (Fsp3) is 0.533. The zero-order chi connectivity index (χ0) is 13.8. The van der Waals surface area contributed by atoms with Crippen molar-refractivity contribution in [3.63, 3.8) is 0 Å². The Labute approximate surface area is 119 Å². The Morgan fingerprint density at radius 2 is 2.00 bits per heavy atom. The first kappa shape index (κ1) is 13.2. The van der Waals surface area contributed by atoms with E-state index in [1.165, 1.54) is 38.8 Å². The molecule has 0 bridgehead atoms. The first-order valence-corrected chi connectivity index (χ1v) is 7.53. The van der Waals surface area contributed by atoms with E-state index in [1.54, 1.807) is 0 Å². The minimum absolute atomic E-state index is 0.761. The summed E-state index contributed by atoms with van der Waals surface area (Å²) < 4.78 is 0. The Balaban J connectivity index is 1.54. The van der Waals surface area contributed by atoms with Crippen LogP contribution in [0.2, 0.25) is 0 Å². The van der Waals surface area contributed by atoms with Crippen LogP contribution in [0, 0.1) is 0 Å². The molecule has 5 heteroatoms. The number of hydrogen-bond donors (Lipinski definition) is 3. The molecule has 4 N–H and O–H groups in total. The zero-order valence-electron chi connectivity index (χ0n) is 11.9. The van der Waals surface area contributed by atoms with Crippen molar-refractivity contribution in [2.24, 2.45) is 0 Å². The summed E-state index contributed by atoms with van der Waals surface area (Å²) >= 11 is 0. The predicted octanol–water partition coefficient (Wildman–Crippen LogP) is 2.43. The number of imidazole rings is 1. The van der Waals surface area contributed by atoms with Gasteiger partial charge < -0.3 is 20.9 Å². The van der Waals surface area contributed by atoms with Gasteiger partial charge in [0.15, 0.2) is 0 Å². The summed E-state index contributed by atoms with van der Waals surface area (Å²) in [4.78, 5) is 10.3. The van der Waals surface area contributed by atoms with Crippen LogP contribution in [-0.2, 0) is 0 Å². The Bertz CT molecular complexity index is 554. The molecule has 1 fully saturated rings. The second-order valence-electron chi connectivity index (χ2n) is 5.54. The van der Waals surface area contributed by atoms with Gasteiger partial charge in [-0.15, -0.1) is 0 Å². The summed E-state index contributed by atoms with van der Waals surface area (Å²) in [5, 5.41) is 3.37. The van der Waals surface area contributed by atoms with Gasteiger partial charge in [-0.1, -0.05) is 12.8 Å². The molecule has 0 unspecified atom stereocenters. The molecule has 0 spiro atoms. The van der Waals surface area contributed by atoms with Gasteiger partial charge in [-0.3, -0.25) is 0 Å². The molecule has 0 amide bonds. The van der Waals surface area contributed by atoms with Crippen LogP contribution in [0.1, 0.15) is 25.7 Å². The van der Waals surface area contributed by atoms with Gasteiger partial charge in [0.05, 0.1) is 11.0 Å². The van der Waals surface area contributed by atoms with E-state index in [-0.39, 0.29) is 0 Å². The molecular weight excluding hydrogens is 250 g/mol. The number of benzene rings is 1. The highest BCUT2D eigenvalue weighted by Crippen LogP contribution is 2.17. The lowest BCUT2D eigenvalue weighted by atomic mass is 10.2. The molecule has 1 aromatic carbocycles. The molecule has 2 heterocycles. The topological polar surface area (TPSA) is 70.0 Å². The number of nitrogen functional groups attached to an aromatic ring is 1. The molecule has 1 aliphatic rings. The fourth-order valence-electron chi connectivity index (χ4n) is 2.80. The van der Waals surface area contributed by atoms with Gasteiger partial charge in [-0.2, -0.15) is 0 Å². The Kier molecular flexibility index (Phi) is 4.06. The second kappa shape index (κ2) is 6.13. The molecule has 0 atom stereocenters. The maximum atomic E-state index is 5.77. The Morgan fingerprint density at radius 1 is 1.20 bits per heavy atom. The predicted molar refractivity (Wildman–Crippen MR) is 83.9 cm³/mol. The van der Waals surface area contributed by atoms with Crippen molar-refractivity contribution in [1.82, 2.24) is 14.9 Å². The summed E-state index contributed by atoms with van der Waals surface area (Å²) in [5.41, 5.74) is 8.48. The maximum absolute atomic E-state index is 5.77. The molecule has 1 saturated heterocycles. The molecule has 1 aliphatic heterocycles. The Morgan fingerprint density at radius 3 is 2.80 bits per heavy atom. The van der Waals surface area contributed by atoms with Crippen LogP contribution in [0.15, 0.2) is 18.2 Å². The lowest BCUT2D eigenvalue weighted by Gasteiger charge is -2.19. The van der Waals surface area contributed by atoms with Crippen LogP contribution >= 0.6 is 0 Å². The number of aromatic nitrogens is 2. The SMILES string of the molecule is Nc1ccc2nc(NCCN3CCCCCC3)[nH]c2c1. The molecule has 0 radical (unpaired) electrons. The molecule has 0 aliphatic carbocycles. The first-order chi connectivity index (χ1) is 9.81. The second-order valence-corrected chi connectivity index (χ2v) is 5.54. The van der Waals surface area contributed by atoms with E-state index < -0.39 is 0 Å². The van der Waals surface area contributed by atoms with Gasteiger partial charge in [0.1, 0.15) is 0 Å². The van der Waals surface area contributed by atoms with Crippen molar-refractivity contribution in [3.8, 4) is 0 Å². The van der Waals surface area contributed by atoms with Crippen molar-refractivity contribution in [1.29, 1.82) is 0 Å². The lowest BCUT2D eigenvalue weighted by molar-refractivity contribution is 0.296. The summed E-state index contributed by atoms with van der Waals surface area (Å²) in [7, 11) is 0. The van der Waals surface area contributed by atoms with Crippen LogP contribution in [-0.4, -0.2) is 41.0 Å². The van der Waals surface area contributed by atoms with Crippen molar-refractivity contribution in [2.45, 2.75) is 25.7 Å². The number of nitrogens with two attached hydrogens (primary N) is 1. The number of hydrogen-bond acceptors (Lipinski definition) is 4. The quantitative estimate of drug-likeness (QED) is 0.748. The van der Waals surface area contributed by atoms with E-state index in [2.05, 4.69) is 20.2 Å². The molecule has 5 nitrogen and oxygen atoms in total. The average Bonchev–Trinajstić information content (AvgIpc) is 2.66. The van der Waals surface area contributed by atoms with E-state index in [0.29, 0.717) is 0 Å². The van der Waals surface area contributed by atoms with E-state index >= 15 is 0 Å². The molecule has 1 aromatic heterocycles. The van der Waals surface area contributed by atoms with Crippen molar-refractivity contribution >= 4 is 22.7 Å². The highest BCUT2D eigenvalue weighted by atomic mass is 15.2. The standard InChI is InChI=1S/C15H23N5/c16-12-5-6-13-14(11-12)19-15(18-13)17-7-10-20-8-3-1-2-4-9-20/h5-6,11H,1-4,7-10,16H2,(H2,17,18,19). The largest absolute Gasteiger partial charge is 0.399 e. The van der Waals surface area contributed by atoms with Gasteiger partial charge in [0.25, 0.3) is 0 Å². The van der Waals surface area contributed by atoms with Crippen LogP contribution in [0.4, 0.5) is 11.6 Å². The molecule has 108 valence electrons. The average molecular weight is 273 g/mol. The third-order valence-electron chi connectivity index (χ3n) is 3.93. The third-order valence-corrected chi connectivity index (χ3v) is 3.93. The number of nitrogens with zero attached hydrogens (tertiary/aromatic N) is 2. The number of fused-ring (bicyclic) bond motifs is 1. The van der Waals surface area contributed by atoms with Gasteiger partial charge in [0.2, 0.25) is 5.95 Å². The van der Waals surface area contributed by atoms with Gasteiger partial charge >= 0.3 is 0 Å². The minimum Gasteiger partial charge on any atom is -0.399 e. The van der Waals surface area contributed by atoms with Crippen LogP contribution in [0.3, 0.4) is 0 Å². The maximum Gasteiger partial charge on any atom is 0.201 e. The Hall–Kier alpha value is -1.75. The van der Waals surface area contributed by atoms with Crippen LogP contribution < -0.4 is 11.1 Å². The van der Waals surface area contributed by atoms with Crippen molar-refractivity contribution in [3.05, 3.63) is 18.2 Å². The fourth-order valence-corrected chi connectivity index (χ4v) is 2.80. The monoisotopic (exact) mass is 273 g/mol. The van der Waals surface area contributed by atoms with Gasteiger partial charge in [-0.05, 0) is 44.1 Å². The third kappa shape index (κ3) is 3.22. The number of H-pyrrole nitrogens is 1. The van der Waals surface area contributed by atoms with Crippen molar-refractivity contribution in [2.75, 3.05) is 37.2 Å². The smallest absolute Gasteiger partial charge is 0.201 e. The molecule has 20 heavy (non-hydrogen) atoms. The normalized spacial score (nSPS) is 17.2. The minimum atomic E-state index is 0.761. The first-order valence-electron chi connectivity index (χ1n) is 7.53. The number of rotatable bonds is 4. The molecule has 0 saturated carbocycles. The number of anilines is 2. The zero-order valence-corrected chi connectivity index (χ0v) is 11.9. The highest BCUT2D eigenvalue weighted by Gasteiger charge is 2.08. The summed E-state index contributed by atoms with van der Waals surface area (Å²) in [6.45, 7) is 4.48. The number of likely N-dealkylation sites (tertiary alicyclic amines) is 1. The van der Waals surface area contributed by atoms with Crippen molar-refractivity contribution < 1.29 is 0 Å².